The number of nitrogens with zero attached hydrogens (tertiary/aromatic N) is 4. The Morgan fingerprint density at radius 3 is 3.00 bits per heavy atom. The number of anilines is 1. The highest BCUT2D eigenvalue weighted by Gasteiger charge is 2.25. The molecule has 0 aromatic carbocycles. The summed E-state index contributed by atoms with van der Waals surface area (Å²) in [6.07, 6.45) is 7.70. The number of rotatable bonds is 4. The van der Waals surface area contributed by atoms with Gasteiger partial charge in [-0.05, 0) is 28.4 Å². The maximum atomic E-state index is 6.25. The molecule has 1 unspecified atom stereocenters. The Morgan fingerprint density at radius 2 is 2.24 bits per heavy atom. The quantitative estimate of drug-likeness (QED) is 0.828. The van der Waals surface area contributed by atoms with E-state index in [1.54, 1.807) is 24.8 Å². The zero-order valence-electron chi connectivity index (χ0n) is 11.2. The zero-order chi connectivity index (χ0) is 14.7. The number of hydrogen-bond acceptors (Lipinski definition) is 5. The van der Waals surface area contributed by atoms with Crippen LogP contribution in [0.15, 0.2) is 35.3 Å². The molecule has 3 rings (SSSR count). The first-order valence-electron chi connectivity index (χ1n) is 6.67. The van der Waals surface area contributed by atoms with Gasteiger partial charge in [0.1, 0.15) is 5.82 Å². The second-order valence-corrected chi connectivity index (χ2v) is 6.24. The predicted molar refractivity (Wildman–Crippen MR) is 84.8 cm³/mol. The molecule has 5 nitrogen and oxygen atoms in total. The van der Waals surface area contributed by atoms with Crippen molar-refractivity contribution in [2.24, 2.45) is 5.92 Å². The van der Waals surface area contributed by atoms with Crippen LogP contribution in [0.1, 0.15) is 6.42 Å². The molecule has 1 aliphatic rings. The highest BCUT2D eigenvalue weighted by molar-refractivity contribution is 9.10. The van der Waals surface area contributed by atoms with Crippen LogP contribution in [0.3, 0.4) is 0 Å². The lowest BCUT2D eigenvalue weighted by Crippen LogP contribution is -2.23. The number of aromatic nitrogens is 3. The monoisotopic (exact) mass is 368 g/mol. The molecule has 0 N–H and O–H groups in total. The summed E-state index contributed by atoms with van der Waals surface area (Å²) in [6.45, 7) is 2.45. The lowest BCUT2D eigenvalue weighted by atomic mass is 10.1. The Labute approximate surface area is 136 Å². The van der Waals surface area contributed by atoms with Crippen LogP contribution >= 0.6 is 27.5 Å². The van der Waals surface area contributed by atoms with E-state index in [1.807, 2.05) is 6.07 Å². The van der Waals surface area contributed by atoms with E-state index in [1.165, 1.54) is 0 Å². The van der Waals surface area contributed by atoms with E-state index in [4.69, 9.17) is 16.3 Å². The topological polar surface area (TPSA) is 51.1 Å². The lowest BCUT2D eigenvalue weighted by Gasteiger charge is -2.18. The third kappa shape index (κ3) is 3.63. The molecule has 3 heterocycles. The van der Waals surface area contributed by atoms with E-state index >= 15 is 0 Å². The second kappa shape index (κ2) is 6.58. The van der Waals surface area contributed by atoms with Crippen LogP contribution < -0.4 is 9.64 Å². The molecule has 0 spiro atoms. The molecule has 0 radical (unpaired) electrons. The van der Waals surface area contributed by atoms with Crippen LogP contribution in [0.5, 0.6) is 5.88 Å². The summed E-state index contributed by atoms with van der Waals surface area (Å²) in [6, 6.07) is 1.87. The minimum Gasteiger partial charge on any atom is -0.476 e. The van der Waals surface area contributed by atoms with Crippen molar-refractivity contribution in [3.63, 3.8) is 0 Å². The molecule has 110 valence electrons. The summed E-state index contributed by atoms with van der Waals surface area (Å²) < 4.78 is 6.55. The summed E-state index contributed by atoms with van der Waals surface area (Å²) in [5.74, 6) is 1.84. The van der Waals surface area contributed by atoms with Crippen LogP contribution in [-0.2, 0) is 0 Å². The molecule has 21 heavy (non-hydrogen) atoms. The van der Waals surface area contributed by atoms with Crippen molar-refractivity contribution in [2.75, 3.05) is 24.6 Å². The Bertz CT molecular complexity index is 613. The largest absolute Gasteiger partial charge is 0.476 e. The smallest absolute Gasteiger partial charge is 0.232 e. The van der Waals surface area contributed by atoms with Gasteiger partial charge in [-0.25, -0.2) is 9.97 Å². The van der Waals surface area contributed by atoms with E-state index in [2.05, 4.69) is 35.8 Å². The SMILES string of the molecule is Clc1cc(Br)cnc1N1CCC(COc2cnccn2)C1. The minimum atomic E-state index is 0.438. The molecule has 7 heteroatoms. The fourth-order valence-electron chi connectivity index (χ4n) is 2.36. The van der Waals surface area contributed by atoms with Crippen molar-refractivity contribution in [1.82, 2.24) is 15.0 Å². The van der Waals surface area contributed by atoms with E-state index in [-0.39, 0.29) is 0 Å². The van der Waals surface area contributed by atoms with E-state index < -0.39 is 0 Å². The first-order chi connectivity index (χ1) is 10.2. The number of halogens is 2. The standard InChI is InChI=1S/C14H14BrClN4O/c15-11-5-12(16)14(19-6-11)20-4-1-10(8-20)9-21-13-7-17-2-3-18-13/h2-3,5-7,10H,1,4,8-9H2. The van der Waals surface area contributed by atoms with Crippen molar-refractivity contribution >= 4 is 33.3 Å². The Morgan fingerprint density at radius 1 is 1.33 bits per heavy atom. The van der Waals surface area contributed by atoms with Crippen LogP contribution in [-0.4, -0.2) is 34.6 Å². The maximum absolute atomic E-state index is 6.25. The Hall–Kier alpha value is -1.40. The van der Waals surface area contributed by atoms with E-state index in [0.717, 1.165) is 29.8 Å². The third-order valence-electron chi connectivity index (χ3n) is 3.38. The van der Waals surface area contributed by atoms with Crippen LogP contribution in [0.2, 0.25) is 5.02 Å². The first-order valence-corrected chi connectivity index (χ1v) is 7.84. The van der Waals surface area contributed by atoms with Gasteiger partial charge in [0.05, 0.1) is 17.8 Å². The molecule has 0 saturated carbocycles. The molecule has 1 fully saturated rings. The number of hydrogen-bond donors (Lipinski definition) is 0. The minimum absolute atomic E-state index is 0.438. The third-order valence-corrected chi connectivity index (χ3v) is 4.09. The molecule has 1 atom stereocenters. The molecule has 2 aromatic heterocycles. The zero-order valence-corrected chi connectivity index (χ0v) is 13.6. The average molecular weight is 370 g/mol. The molecular weight excluding hydrogens is 356 g/mol. The molecule has 0 amide bonds. The van der Waals surface area contributed by atoms with Crippen LogP contribution in [0.4, 0.5) is 5.82 Å². The van der Waals surface area contributed by atoms with E-state index in [0.29, 0.717) is 23.4 Å². The highest BCUT2D eigenvalue weighted by atomic mass is 79.9. The fourth-order valence-corrected chi connectivity index (χ4v) is 3.11. The highest BCUT2D eigenvalue weighted by Crippen LogP contribution is 2.30. The summed E-state index contributed by atoms with van der Waals surface area (Å²) in [5, 5.41) is 0.667. The van der Waals surface area contributed by atoms with Gasteiger partial charge in [0.2, 0.25) is 5.88 Å². The normalized spacial score (nSPS) is 18.0. The second-order valence-electron chi connectivity index (χ2n) is 4.91. The van der Waals surface area contributed by atoms with E-state index in [9.17, 15) is 0 Å². The summed E-state index contributed by atoms with van der Waals surface area (Å²) >= 11 is 9.62. The first kappa shape index (κ1) is 14.5. The van der Waals surface area contributed by atoms with Gasteiger partial charge in [0.15, 0.2) is 0 Å². The van der Waals surface area contributed by atoms with Gasteiger partial charge in [-0.15, -0.1) is 0 Å². The van der Waals surface area contributed by atoms with Crippen LogP contribution in [0.25, 0.3) is 0 Å². The molecule has 1 saturated heterocycles. The van der Waals surface area contributed by atoms with Crippen molar-refractivity contribution in [2.45, 2.75) is 6.42 Å². The van der Waals surface area contributed by atoms with Gasteiger partial charge in [-0.1, -0.05) is 11.6 Å². The molecular formula is C14H14BrClN4O. The fraction of sp³-hybridized carbons (Fsp3) is 0.357. The average Bonchev–Trinajstić information content (AvgIpc) is 2.95. The van der Waals surface area contributed by atoms with Gasteiger partial charge in [0, 0.05) is 42.1 Å². The predicted octanol–water partition coefficient (Wildman–Crippen LogP) is 3.19. The molecule has 1 aliphatic heterocycles. The van der Waals surface area contributed by atoms with Gasteiger partial charge < -0.3 is 9.64 Å². The van der Waals surface area contributed by atoms with Gasteiger partial charge in [-0.3, -0.25) is 4.98 Å². The van der Waals surface area contributed by atoms with Crippen LogP contribution in [0, 0.1) is 5.92 Å². The van der Waals surface area contributed by atoms with Gasteiger partial charge in [0.25, 0.3) is 0 Å². The number of pyridine rings is 1. The lowest BCUT2D eigenvalue weighted by molar-refractivity contribution is 0.251. The maximum Gasteiger partial charge on any atom is 0.232 e. The summed E-state index contributed by atoms with van der Waals surface area (Å²) in [5.41, 5.74) is 0. The summed E-state index contributed by atoms with van der Waals surface area (Å²) in [7, 11) is 0. The van der Waals surface area contributed by atoms with Gasteiger partial charge in [-0.2, -0.15) is 0 Å². The van der Waals surface area contributed by atoms with Crippen molar-refractivity contribution in [3.8, 4) is 5.88 Å². The molecule has 0 bridgehead atoms. The van der Waals surface area contributed by atoms with Crippen molar-refractivity contribution in [1.29, 1.82) is 0 Å². The van der Waals surface area contributed by atoms with Crippen molar-refractivity contribution < 1.29 is 4.74 Å². The molecule has 0 aliphatic carbocycles. The summed E-state index contributed by atoms with van der Waals surface area (Å²) in [4.78, 5) is 14.7. The van der Waals surface area contributed by atoms with Crippen molar-refractivity contribution in [3.05, 3.63) is 40.3 Å². The Kier molecular flexibility index (Phi) is 4.55. The molecule has 2 aromatic rings. The van der Waals surface area contributed by atoms with Gasteiger partial charge >= 0.3 is 0 Å². The Balaban J connectivity index is 1.58. The number of ether oxygens (including phenoxy) is 1.